The van der Waals surface area contributed by atoms with Gasteiger partial charge < -0.3 is 5.11 Å². The van der Waals surface area contributed by atoms with Crippen molar-refractivity contribution in [3.63, 3.8) is 0 Å². The average Bonchev–Trinajstić information content (AvgIpc) is 2.25. The molecule has 0 amide bonds. The third kappa shape index (κ3) is 4.11. The standard InChI is InChI=1S/C11H12Br2F2O/c12-10(11(13,14)15)6-9(7-16)8-4-2-1-3-5-8/h1-5,9-10,16H,6-7H2. The van der Waals surface area contributed by atoms with Gasteiger partial charge in [-0.05, 0) is 27.9 Å². The summed E-state index contributed by atoms with van der Waals surface area (Å²) in [6.07, 6.45) is 0.165. The van der Waals surface area contributed by atoms with E-state index in [1.54, 1.807) is 0 Å². The number of benzene rings is 1. The Labute approximate surface area is 110 Å². The summed E-state index contributed by atoms with van der Waals surface area (Å²) in [5.41, 5.74) is 0.867. The first kappa shape index (κ1) is 14.1. The fourth-order valence-electron chi connectivity index (χ4n) is 1.42. The smallest absolute Gasteiger partial charge is 0.313 e. The monoisotopic (exact) mass is 356 g/mol. The molecular weight excluding hydrogens is 346 g/mol. The van der Waals surface area contributed by atoms with E-state index in [2.05, 4.69) is 31.9 Å². The van der Waals surface area contributed by atoms with E-state index >= 15 is 0 Å². The molecule has 0 aromatic heterocycles. The highest BCUT2D eigenvalue weighted by atomic mass is 79.9. The molecule has 0 saturated carbocycles. The van der Waals surface area contributed by atoms with Gasteiger partial charge >= 0.3 is 4.83 Å². The Morgan fingerprint density at radius 2 is 1.81 bits per heavy atom. The number of halogens is 4. The summed E-state index contributed by atoms with van der Waals surface area (Å²) in [5, 5.41) is 9.21. The Hall–Kier alpha value is 0. The first-order valence-electron chi connectivity index (χ1n) is 4.81. The van der Waals surface area contributed by atoms with E-state index in [0.29, 0.717) is 0 Å². The van der Waals surface area contributed by atoms with Crippen LogP contribution in [0.25, 0.3) is 0 Å². The number of rotatable bonds is 5. The molecule has 1 N–H and O–H groups in total. The zero-order valence-electron chi connectivity index (χ0n) is 8.41. The average molecular weight is 358 g/mol. The molecule has 90 valence electrons. The number of aliphatic hydroxyl groups excluding tert-OH is 1. The van der Waals surface area contributed by atoms with E-state index < -0.39 is 9.66 Å². The topological polar surface area (TPSA) is 20.2 Å². The van der Waals surface area contributed by atoms with Gasteiger partial charge in [0.15, 0.2) is 0 Å². The van der Waals surface area contributed by atoms with Crippen molar-refractivity contribution in [2.45, 2.75) is 22.0 Å². The fraction of sp³-hybridized carbons (Fsp3) is 0.455. The summed E-state index contributed by atoms with van der Waals surface area (Å²) in [4.78, 5) is -3.97. The minimum absolute atomic E-state index is 0.144. The van der Waals surface area contributed by atoms with Gasteiger partial charge in [0.25, 0.3) is 0 Å². The molecule has 0 aliphatic heterocycles. The van der Waals surface area contributed by atoms with Crippen LogP contribution in [-0.4, -0.2) is 21.4 Å². The molecule has 0 spiro atoms. The van der Waals surface area contributed by atoms with Crippen molar-refractivity contribution >= 4 is 31.9 Å². The maximum absolute atomic E-state index is 12.9. The second-order valence-electron chi connectivity index (χ2n) is 3.54. The van der Waals surface area contributed by atoms with Gasteiger partial charge in [-0.25, -0.2) is 0 Å². The summed E-state index contributed by atoms with van der Waals surface area (Å²) in [6.45, 7) is -0.144. The Morgan fingerprint density at radius 3 is 2.25 bits per heavy atom. The van der Waals surface area contributed by atoms with Crippen molar-refractivity contribution in [1.82, 2.24) is 0 Å². The maximum atomic E-state index is 12.9. The number of alkyl halides is 4. The lowest BCUT2D eigenvalue weighted by Crippen LogP contribution is -2.24. The van der Waals surface area contributed by atoms with E-state index in [1.807, 2.05) is 30.3 Å². The SMILES string of the molecule is OCC(CC(Br)C(F)(F)Br)c1ccccc1. The van der Waals surface area contributed by atoms with Gasteiger partial charge in [0, 0.05) is 12.5 Å². The lowest BCUT2D eigenvalue weighted by atomic mass is 9.95. The Morgan fingerprint density at radius 1 is 1.25 bits per heavy atom. The Kier molecular flexibility index (Phi) is 5.34. The third-order valence-electron chi connectivity index (χ3n) is 2.34. The van der Waals surface area contributed by atoms with Crippen LogP contribution < -0.4 is 0 Å². The zero-order chi connectivity index (χ0) is 12.2. The van der Waals surface area contributed by atoms with Gasteiger partial charge in [-0.2, -0.15) is 8.78 Å². The Balaban J connectivity index is 2.70. The molecule has 1 aromatic carbocycles. The normalized spacial score (nSPS) is 15.8. The summed E-state index contributed by atoms with van der Waals surface area (Å²) >= 11 is 5.24. The highest BCUT2D eigenvalue weighted by molar-refractivity contribution is 9.12. The first-order valence-corrected chi connectivity index (χ1v) is 6.52. The van der Waals surface area contributed by atoms with E-state index in [0.717, 1.165) is 5.56 Å². The molecule has 0 bridgehead atoms. The van der Waals surface area contributed by atoms with Crippen LogP contribution in [-0.2, 0) is 0 Å². The second-order valence-corrected chi connectivity index (χ2v) is 5.70. The van der Waals surface area contributed by atoms with Crippen molar-refractivity contribution in [3.8, 4) is 0 Å². The second kappa shape index (κ2) is 6.07. The van der Waals surface area contributed by atoms with Crippen LogP contribution in [0.4, 0.5) is 8.78 Å². The van der Waals surface area contributed by atoms with Gasteiger partial charge in [0.1, 0.15) is 0 Å². The van der Waals surface area contributed by atoms with E-state index in [1.165, 1.54) is 0 Å². The van der Waals surface area contributed by atoms with Crippen molar-refractivity contribution in [2.24, 2.45) is 0 Å². The molecule has 2 atom stereocenters. The van der Waals surface area contributed by atoms with Crippen LogP contribution in [0, 0.1) is 0 Å². The van der Waals surface area contributed by atoms with Crippen molar-refractivity contribution in [1.29, 1.82) is 0 Å². The molecule has 16 heavy (non-hydrogen) atoms. The minimum atomic E-state index is -2.96. The van der Waals surface area contributed by atoms with Gasteiger partial charge in [0.2, 0.25) is 0 Å². The Bertz CT molecular complexity index is 314. The summed E-state index contributed by atoms with van der Waals surface area (Å²) in [7, 11) is 0. The molecule has 0 saturated heterocycles. The van der Waals surface area contributed by atoms with Gasteiger partial charge in [-0.1, -0.05) is 46.3 Å². The lowest BCUT2D eigenvalue weighted by molar-refractivity contribution is 0.105. The summed E-state index contributed by atoms with van der Waals surface area (Å²) in [6, 6.07) is 9.16. The highest BCUT2D eigenvalue weighted by Gasteiger charge is 2.36. The van der Waals surface area contributed by atoms with Crippen LogP contribution in [0.15, 0.2) is 30.3 Å². The van der Waals surface area contributed by atoms with Gasteiger partial charge in [-0.15, -0.1) is 0 Å². The molecule has 0 fully saturated rings. The highest BCUT2D eigenvalue weighted by Crippen LogP contribution is 2.37. The molecule has 5 heteroatoms. The van der Waals surface area contributed by atoms with Crippen LogP contribution >= 0.6 is 31.9 Å². The number of hydrogen-bond acceptors (Lipinski definition) is 1. The van der Waals surface area contributed by atoms with E-state index in [-0.39, 0.29) is 18.9 Å². The molecule has 1 nitrogen and oxygen atoms in total. The van der Waals surface area contributed by atoms with E-state index in [9.17, 15) is 13.9 Å². The predicted octanol–water partition coefficient (Wildman–Crippen LogP) is 3.90. The maximum Gasteiger partial charge on any atom is 0.313 e. The minimum Gasteiger partial charge on any atom is -0.396 e. The van der Waals surface area contributed by atoms with Crippen LogP contribution in [0.1, 0.15) is 17.9 Å². The van der Waals surface area contributed by atoms with Crippen molar-refractivity contribution in [2.75, 3.05) is 6.61 Å². The van der Waals surface area contributed by atoms with E-state index in [4.69, 9.17) is 0 Å². The molecule has 0 radical (unpaired) electrons. The van der Waals surface area contributed by atoms with Crippen LogP contribution in [0.3, 0.4) is 0 Å². The lowest BCUT2D eigenvalue weighted by Gasteiger charge is -2.21. The summed E-state index contributed by atoms with van der Waals surface area (Å²) in [5.74, 6) is -0.283. The number of hydrogen-bond donors (Lipinski definition) is 1. The number of aliphatic hydroxyl groups is 1. The first-order chi connectivity index (χ1) is 7.45. The predicted molar refractivity (Wildman–Crippen MR) is 67.5 cm³/mol. The van der Waals surface area contributed by atoms with Crippen molar-refractivity contribution in [3.05, 3.63) is 35.9 Å². The van der Waals surface area contributed by atoms with Crippen LogP contribution in [0.2, 0.25) is 0 Å². The zero-order valence-corrected chi connectivity index (χ0v) is 11.6. The molecule has 0 aliphatic rings. The largest absolute Gasteiger partial charge is 0.396 e. The molecular formula is C11H12Br2F2O. The van der Waals surface area contributed by atoms with Crippen molar-refractivity contribution < 1.29 is 13.9 Å². The van der Waals surface area contributed by atoms with Gasteiger partial charge in [-0.3, -0.25) is 0 Å². The third-order valence-corrected chi connectivity index (χ3v) is 4.45. The van der Waals surface area contributed by atoms with Crippen LogP contribution in [0.5, 0.6) is 0 Å². The molecule has 0 heterocycles. The molecule has 1 aromatic rings. The molecule has 0 aliphatic carbocycles. The molecule has 1 rings (SSSR count). The quantitative estimate of drug-likeness (QED) is 0.792. The van der Waals surface area contributed by atoms with Gasteiger partial charge in [0.05, 0.1) is 4.83 Å². The molecule has 2 unspecified atom stereocenters. The fourth-order valence-corrected chi connectivity index (χ4v) is 2.06. The summed E-state index contributed by atoms with van der Waals surface area (Å²) < 4.78 is 25.8.